The van der Waals surface area contributed by atoms with Crippen molar-refractivity contribution in [2.75, 3.05) is 17.2 Å². The molecule has 3 N–H and O–H groups in total. The van der Waals surface area contributed by atoms with E-state index in [2.05, 4.69) is 25.9 Å². The Morgan fingerprint density at radius 1 is 1.10 bits per heavy atom. The Balaban J connectivity index is 1.79. The Morgan fingerprint density at radius 3 is 2.59 bits per heavy atom. The first-order valence-electron chi connectivity index (χ1n) is 9.23. The van der Waals surface area contributed by atoms with Crippen LogP contribution in [-0.2, 0) is 4.74 Å². The lowest BCUT2D eigenvalue weighted by Crippen LogP contribution is -2.28. The van der Waals surface area contributed by atoms with Crippen LogP contribution in [0.4, 0.5) is 21.2 Å². The van der Waals surface area contributed by atoms with Gasteiger partial charge < -0.3 is 14.5 Å². The van der Waals surface area contributed by atoms with Gasteiger partial charge in [0.05, 0.1) is 6.20 Å². The molecule has 0 saturated carbocycles. The Bertz CT molecular complexity index is 1040. The van der Waals surface area contributed by atoms with E-state index in [0.717, 1.165) is 11.1 Å². The monoisotopic (exact) mass is 396 g/mol. The molecular formula is C20H24N6O3. The van der Waals surface area contributed by atoms with Gasteiger partial charge in [-0.3, -0.25) is 10.6 Å². The Kier molecular flexibility index (Phi) is 5.67. The number of urea groups is 1. The van der Waals surface area contributed by atoms with Crippen molar-refractivity contribution in [3.63, 3.8) is 0 Å². The number of ether oxygens (including phenoxy) is 1. The minimum Gasteiger partial charge on any atom is -0.444 e. The zero-order valence-electron chi connectivity index (χ0n) is 16.8. The van der Waals surface area contributed by atoms with Crippen LogP contribution in [0.25, 0.3) is 16.8 Å². The number of carbonyl (C=O) groups excluding carboxylic acids is 2. The Morgan fingerprint density at radius 2 is 1.86 bits per heavy atom. The number of hydrogen-bond acceptors (Lipinski definition) is 5. The number of fused-ring (bicyclic) bond motifs is 1. The van der Waals surface area contributed by atoms with Gasteiger partial charge in [0.1, 0.15) is 17.1 Å². The molecule has 0 aliphatic carbocycles. The fraction of sp³-hybridized carbons (Fsp3) is 0.300. The van der Waals surface area contributed by atoms with Crippen molar-refractivity contribution < 1.29 is 14.3 Å². The summed E-state index contributed by atoms with van der Waals surface area (Å²) in [6.07, 6.45) is 4.63. The van der Waals surface area contributed by atoms with Gasteiger partial charge in [0.15, 0.2) is 5.82 Å². The summed E-state index contributed by atoms with van der Waals surface area (Å²) in [4.78, 5) is 32.2. The molecule has 3 heterocycles. The van der Waals surface area contributed by atoms with Crippen LogP contribution in [-0.4, -0.2) is 38.6 Å². The summed E-state index contributed by atoms with van der Waals surface area (Å²) in [6.45, 7) is 7.77. The van der Waals surface area contributed by atoms with E-state index in [9.17, 15) is 9.59 Å². The van der Waals surface area contributed by atoms with E-state index in [1.54, 1.807) is 39.2 Å². The van der Waals surface area contributed by atoms with Gasteiger partial charge in [-0.1, -0.05) is 0 Å². The molecule has 0 aliphatic rings. The number of hydrogen-bond donors (Lipinski definition) is 3. The topological polar surface area (TPSA) is 110 Å². The van der Waals surface area contributed by atoms with E-state index < -0.39 is 11.7 Å². The smallest absolute Gasteiger partial charge is 0.413 e. The molecule has 9 nitrogen and oxygen atoms in total. The highest BCUT2D eigenvalue weighted by Gasteiger charge is 2.16. The molecule has 3 rings (SSSR count). The second kappa shape index (κ2) is 8.17. The Hall–Kier alpha value is -3.62. The standard InChI is InChI=1S/C20H24N6O3/c1-5-21-18(27)24-16-12-26-9-7-14(11-17(26)23-16)13-6-8-22-15(10-13)25-19(28)29-20(2,3)4/h6-12H,5H2,1-4H3,(H2,21,24,27)(H,22,25,28). The van der Waals surface area contributed by atoms with Crippen LogP contribution in [0.1, 0.15) is 27.7 Å². The van der Waals surface area contributed by atoms with Gasteiger partial charge in [0, 0.05) is 18.9 Å². The second-order valence-electron chi connectivity index (χ2n) is 7.35. The minimum absolute atomic E-state index is 0.303. The molecule has 3 aromatic heterocycles. The van der Waals surface area contributed by atoms with Gasteiger partial charge in [-0.25, -0.2) is 19.6 Å². The zero-order valence-corrected chi connectivity index (χ0v) is 16.8. The molecule has 0 aliphatic heterocycles. The normalized spacial score (nSPS) is 11.2. The summed E-state index contributed by atoms with van der Waals surface area (Å²) in [5.74, 6) is 0.841. The molecule has 0 fully saturated rings. The number of nitrogens with zero attached hydrogens (tertiary/aromatic N) is 3. The average Bonchev–Trinajstić information content (AvgIpc) is 3.01. The summed E-state index contributed by atoms with van der Waals surface area (Å²) in [5.41, 5.74) is 1.83. The van der Waals surface area contributed by atoms with Crippen LogP contribution >= 0.6 is 0 Å². The van der Waals surface area contributed by atoms with Crippen LogP contribution in [0.2, 0.25) is 0 Å². The second-order valence-corrected chi connectivity index (χ2v) is 7.35. The van der Waals surface area contributed by atoms with E-state index in [1.807, 2.05) is 35.7 Å². The van der Waals surface area contributed by atoms with Gasteiger partial charge in [-0.2, -0.15) is 0 Å². The lowest BCUT2D eigenvalue weighted by Gasteiger charge is -2.19. The first kappa shape index (κ1) is 20.1. The SMILES string of the molecule is CCNC(=O)Nc1cn2ccc(-c3ccnc(NC(=O)OC(C)(C)C)c3)cc2n1. The molecule has 0 aromatic carbocycles. The maximum Gasteiger partial charge on any atom is 0.413 e. The van der Waals surface area contributed by atoms with Crippen molar-refractivity contribution >= 4 is 29.4 Å². The number of carbonyl (C=O) groups is 2. The summed E-state index contributed by atoms with van der Waals surface area (Å²) in [7, 11) is 0. The van der Waals surface area contributed by atoms with Crippen LogP contribution in [0, 0.1) is 0 Å². The fourth-order valence-corrected chi connectivity index (χ4v) is 2.63. The number of imidazole rings is 1. The predicted octanol–water partition coefficient (Wildman–Crippen LogP) is 3.88. The third-order valence-electron chi connectivity index (χ3n) is 3.76. The van der Waals surface area contributed by atoms with Gasteiger partial charge >= 0.3 is 12.1 Å². The zero-order chi connectivity index (χ0) is 21.0. The molecule has 0 spiro atoms. The van der Waals surface area contributed by atoms with E-state index in [4.69, 9.17) is 4.74 Å². The third kappa shape index (κ3) is 5.44. The van der Waals surface area contributed by atoms with Crippen molar-refractivity contribution in [3.8, 4) is 11.1 Å². The van der Waals surface area contributed by atoms with Crippen LogP contribution in [0.5, 0.6) is 0 Å². The first-order valence-corrected chi connectivity index (χ1v) is 9.23. The van der Waals surface area contributed by atoms with Crippen LogP contribution in [0.3, 0.4) is 0 Å². The van der Waals surface area contributed by atoms with Crippen molar-refractivity contribution in [1.82, 2.24) is 19.7 Å². The van der Waals surface area contributed by atoms with E-state index in [-0.39, 0.29) is 6.03 Å². The number of anilines is 2. The lowest BCUT2D eigenvalue weighted by atomic mass is 10.1. The molecule has 3 aromatic rings. The summed E-state index contributed by atoms with van der Waals surface area (Å²) in [5, 5.41) is 7.98. The van der Waals surface area contributed by atoms with Crippen molar-refractivity contribution in [3.05, 3.63) is 42.9 Å². The van der Waals surface area contributed by atoms with Crippen LogP contribution < -0.4 is 16.0 Å². The molecule has 0 saturated heterocycles. The first-order chi connectivity index (χ1) is 13.7. The van der Waals surface area contributed by atoms with E-state index in [0.29, 0.717) is 23.8 Å². The maximum atomic E-state index is 12.0. The van der Waals surface area contributed by atoms with Crippen LogP contribution in [0.15, 0.2) is 42.9 Å². The highest BCUT2D eigenvalue weighted by Crippen LogP contribution is 2.23. The predicted molar refractivity (Wildman–Crippen MR) is 111 cm³/mol. The molecular weight excluding hydrogens is 372 g/mol. The molecule has 0 unspecified atom stereocenters. The molecule has 9 heteroatoms. The molecule has 3 amide bonds. The van der Waals surface area contributed by atoms with Crippen molar-refractivity contribution in [1.29, 1.82) is 0 Å². The average molecular weight is 396 g/mol. The number of pyridine rings is 2. The molecule has 0 atom stereocenters. The Labute approximate surface area is 168 Å². The molecule has 0 radical (unpaired) electrons. The largest absolute Gasteiger partial charge is 0.444 e. The number of rotatable bonds is 4. The van der Waals surface area contributed by atoms with E-state index >= 15 is 0 Å². The molecule has 0 bridgehead atoms. The number of nitrogens with one attached hydrogen (secondary N) is 3. The van der Waals surface area contributed by atoms with Gasteiger partial charge in [0.25, 0.3) is 0 Å². The molecule has 152 valence electrons. The third-order valence-corrected chi connectivity index (χ3v) is 3.76. The van der Waals surface area contributed by atoms with Gasteiger partial charge in [-0.05, 0) is 63.1 Å². The lowest BCUT2D eigenvalue weighted by molar-refractivity contribution is 0.0635. The van der Waals surface area contributed by atoms with Gasteiger partial charge in [-0.15, -0.1) is 0 Å². The fourth-order valence-electron chi connectivity index (χ4n) is 2.63. The van der Waals surface area contributed by atoms with Gasteiger partial charge in [0.2, 0.25) is 0 Å². The highest BCUT2D eigenvalue weighted by atomic mass is 16.6. The minimum atomic E-state index is -0.590. The number of amides is 3. The van der Waals surface area contributed by atoms with E-state index in [1.165, 1.54) is 0 Å². The quantitative estimate of drug-likeness (QED) is 0.620. The molecule has 29 heavy (non-hydrogen) atoms. The summed E-state index contributed by atoms with van der Waals surface area (Å²) < 4.78 is 7.07. The number of aromatic nitrogens is 3. The highest BCUT2D eigenvalue weighted by molar-refractivity contribution is 5.88. The van der Waals surface area contributed by atoms with Crippen molar-refractivity contribution in [2.45, 2.75) is 33.3 Å². The summed E-state index contributed by atoms with van der Waals surface area (Å²) in [6, 6.07) is 7.09. The maximum absolute atomic E-state index is 12.0. The summed E-state index contributed by atoms with van der Waals surface area (Å²) >= 11 is 0. The van der Waals surface area contributed by atoms with Crippen molar-refractivity contribution in [2.24, 2.45) is 0 Å².